The number of fused-ring (bicyclic) bond motifs is 3. The van der Waals surface area contributed by atoms with E-state index >= 15 is 0 Å². The van der Waals surface area contributed by atoms with Gasteiger partial charge in [0.1, 0.15) is 16.7 Å². The number of ether oxygens (including phenoxy) is 1. The number of carbonyl (C=O) groups excluding carboxylic acids is 1. The van der Waals surface area contributed by atoms with Crippen molar-refractivity contribution in [3.8, 4) is 0 Å². The fourth-order valence-electron chi connectivity index (χ4n) is 5.20. The third-order valence-corrected chi connectivity index (χ3v) is 7.39. The first-order valence-corrected chi connectivity index (χ1v) is 12.7. The minimum absolute atomic E-state index is 0.00837. The molecule has 190 valence electrons. The first kappa shape index (κ1) is 24.4. The molecule has 0 unspecified atom stereocenters. The van der Waals surface area contributed by atoms with Gasteiger partial charge in [0.15, 0.2) is 5.82 Å². The van der Waals surface area contributed by atoms with Gasteiger partial charge in [-0.1, -0.05) is 25.4 Å². The summed E-state index contributed by atoms with van der Waals surface area (Å²) >= 11 is 6.47. The Morgan fingerprint density at radius 2 is 1.86 bits per heavy atom. The Kier molecular flexibility index (Phi) is 6.28. The number of rotatable bonds is 3. The predicted octanol–water partition coefficient (Wildman–Crippen LogP) is 4.57. The van der Waals surface area contributed by atoms with Crippen molar-refractivity contribution in [3.63, 3.8) is 0 Å². The average Bonchev–Trinajstić information content (AvgIpc) is 2.93. The van der Waals surface area contributed by atoms with E-state index in [0.717, 1.165) is 24.2 Å². The number of hydrogen-bond acceptors (Lipinski definition) is 8. The molecule has 2 aliphatic rings. The molecular formula is C26H31ClN6O3. The molecule has 9 nitrogen and oxygen atoms in total. The SMILES string of the molecule is C[C@@H]1C[C@H](C)CN(c2ncc(Cl)c(Nc3ccc4c(c3)c3c(c(=O)n4C)C(=O)O[C@H](C)[C@H](C)N3)n2)C1. The Labute approximate surface area is 214 Å². The van der Waals surface area contributed by atoms with Gasteiger partial charge < -0.3 is 24.8 Å². The maximum Gasteiger partial charge on any atom is 0.346 e. The van der Waals surface area contributed by atoms with E-state index in [9.17, 15) is 9.59 Å². The number of hydrogen-bond donors (Lipinski definition) is 2. The van der Waals surface area contributed by atoms with Crippen LogP contribution in [0, 0.1) is 11.8 Å². The smallest absolute Gasteiger partial charge is 0.346 e. The summed E-state index contributed by atoms with van der Waals surface area (Å²) < 4.78 is 6.96. The van der Waals surface area contributed by atoms with Gasteiger partial charge in [-0.05, 0) is 50.3 Å². The molecular weight excluding hydrogens is 480 g/mol. The highest BCUT2D eigenvalue weighted by Gasteiger charge is 2.31. The average molecular weight is 511 g/mol. The number of anilines is 4. The van der Waals surface area contributed by atoms with Crippen LogP contribution in [0.4, 0.5) is 23.1 Å². The summed E-state index contributed by atoms with van der Waals surface area (Å²) in [5, 5.41) is 7.77. The van der Waals surface area contributed by atoms with Crippen LogP contribution in [-0.2, 0) is 11.8 Å². The number of aromatic nitrogens is 3. The topological polar surface area (TPSA) is 101 Å². The second-order valence-corrected chi connectivity index (χ2v) is 10.6. The molecule has 36 heavy (non-hydrogen) atoms. The maximum absolute atomic E-state index is 13.0. The van der Waals surface area contributed by atoms with E-state index in [2.05, 4.69) is 34.4 Å². The fourth-order valence-corrected chi connectivity index (χ4v) is 5.34. The van der Waals surface area contributed by atoms with E-state index < -0.39 is 11.5 Å². The first-order chi connectivity index (χ1) is 17.1. The number of aryl methyl sites for hydroxylation is 1. The van der Waals surface area contributed by atoms with Crippen LogP contribution in [0.2, 0.25) is 5.02 Å². The minimum Gasteiger partial charge on any atom is -0.457 e. The van der Waals surface area contributed by atoms with Crippen LogP contribution in [0.1, 0.15) is 44.5 Å². The molecule has 2 aromatic heterocycles. The van der Waals surface area contributed by atoms with Crippen molar-refractivity contribution in [2.75, 3.05) is 28.6 Å². The Hall–Kier alpha value is -3.33. The van der Waals surface area contributed by atoms with Crippen molar-refractivity contribution in [3.05, 3.63) is 45.3 Å². The summed E-state index contributed by atoms with van der Waals surface area (Å²) in [4.78, 5) is 37.2. The highest BCUT2D eigenvalue weighted by molar-refractivity contribution is 6.33. The highest BCUT2D eigenvalue weighted by atomic mass is 35.5. The Morgan fingerprint density at radius 3 is 2.58 bits per heavy atom. The number of cyclic esters (lactones) is 1. The number of halogens is 1. The lowest BCUT2D eigenvalue weighted by Gasteiger charge is -2.35. The molecule has 0 saturated carbocycles. The quantitative estimate of drug-likeness (QED) is 0.494. The van der Waals surface area contributed by atoms with Crippen LogP contribution < -0.4 is 21.1 Å². The molecule has 1 fully saturated rings. The summed E-state index contributed by atoms with van der Waals surface area (Å²) in [5.74, 6) is 1.65. The maximum atomic E-state index is 13.0. The summed E-state index contributed by atoms with van der Waals surface area (Å²) in [6, 6.07) is 5.42. The zero-order valence-electron chi connectivity index (χ0n) is 21.1. The number of carbonyl (C=O) groups is 1. The summed E-state index contributed by atoms with van der Waals surface area (Å²) in [6.07, 6.45) is 2.43. The van der Waals surface area contributed by atoms with Gasteiger partial charge in [-0.3, -0.25) is 4.79 Å². The summed E-state index contributed by atoms with van der Waals surface area (Å²) in [5.41, 5.74) is 1.50. The van der Waals surface area contributed by atoms with Crippen molar-refractivity contribution in [2.24, 2.45) is 18.9 Å². The van der Waals surface area contributed by atoms with E-state index in [1.807, 2.05) is 25.1 Å². The van der Waals surface area contributed by atoms with Gasteiger partial charge in [0, 0.05) is 31.2 Å². The van der Waals surface area contributed by atoms with E-state index in [1.165, 1.54) is 11.0 Å². The molecule has 3 aromatic rings. The Bertz CT molecular complexity index is 1400. The van der Waals surface area contributed by atoms with E-state index in [0.29, 0.717) is 39.8 Å². The van der Waals surface area contributed by atoms with Gasteiger partial charge in [0.2, 0.25) is 5.95 Å². The van der Waals surface area contributed by atoms with Crippen LogP contribution in [-0.4, -0.2) is 45.7 Å². The van der Waals surface area contributed by atoms with Crippen molar-refractivity contribution in [1.82, 2.24) is 14.5 Å². The molecule has 4 heterocycles. The van der Waals surface area contributed by atoms with Gasteiger partial charge in [-0.15, -0.1) is 0 Å². The van der Waals surface area contributed by atoms with Gasteiger partial charge >= 0.3 is 5.97 Å². The Morgan fingerprint density at radius 1 is 1.14 bits per heavy atom. The Balaban J connectivity index is 1.55. The van der Waals surface area contributed by atoms with E-state index in [-0.39, 0.29) is 17.7 Å². The van der Waals surface area contributed by atoms with Gasteiger partial charge in [0.05, 0.1) is 23.4 Å². The van der Waals surface area contributed by atoms with Crippen molar-refractivity contribution in [2.45, 2.75) is 46.3 Å². The fraction of sp³-hybridized carbons (Fsp3) is 0.462. The van der Waals surface area contributed by atoms with Crippen molar-refractivity contribution in [1.29, 1.82) is 0 Å². The second kappa shape index (κ2) is 9.28. The molecule has 0 spiro atoms. The lowest BCUT2D eigenvalue weighted by atomic mass is 9.92. The third kappa shape index (κ3) is 4.36. The highest BCUT2D eigenvalue weighted by Crippen LogP contribution is 2.33. The third-order valence-electron chi connectivity index (χ3n) is 7.11. The molecule has 2 aliphatic heterocycles. The van der Waals surface area contributed by atoms with Crippen LogP contribution in [0.15, 0.2) is 29.2 Å². The lowest BCUT2D eigenvalue weighted by molar-refractivity contribution is 0.0325. The molecule has 1 aromatic carbocycles. The van der Waals surface area contributed by atoms with Crippen LogP contribution in [0.3, 0.4) is 0 Å². The van der Waals surface area contributed by atoms with Crippen LogP contribution in [0.25, 0.3) is 10.9 Å². The zero-order valence-corrected chi connectivity index (χ0v) is 21.9. The van der Waals surface area contributed by atoms with Crippen LogP contribution >= 0.6 is 11.6 Å². The standard InChI is InChI=1S/C26H31ClN6O3/c1-13-8-14(2)12-33(11-13)26-28-10-19(27)23(31-26)30-17-6-7-20-18(9-17)22-21(24(34)32(20)5)25(35)36-16(4)15(3)29-22/h6-7,9-10,13-16,29H,8,11-12H2,1-5H3,(H,28,30,31)/t13-,14+,15-,16+/m0/s1. The summed E-state index contributed by atoms with van der Waals surface area (Å²) in [7, 11) is 1.65. The zero-order chi connectivity index (χ0) is 25.7. The monoisotopic (exact) mass is 510 g/mol. The van der Waals surface area contributed by atoms with E-state index in [1.54, 1.807) is 20.2 Å². The number of nitrogens with one attached hydrogen (secondary N) is 2. The first-order valence-electron chi connectivity index (χ1n) is 12.3. The molecule has 0 bridgehead atoms. The number of nitrogens with zero attached hydrogens (tertiary/aromatic N) is 4. The molecule has 5 rings (SSSR count). The molecule has 10 heteroatoms. The molecule has 2 N–H and O–H groups in total. The van der Waals surface area contributed by atoms with Gasteiger partial charge in [-0.25, -0.2) is 9.78 Å². The molecule has 4 atom stereocenters. The number of pyridine rings is 1. The molecule has 1 saturated heterocycles. The predicted molar refractivity (Wildman–Crippen MR) is 143 cm³/mol. The molecule has 0 amide bonds. The number of esters is 1. The summed E-state index contributed by atoms with van der Waals surface area (Å²) in [6.45, 7) is 10.0. The number of benzene rings is 1. The van der Waals surface area contributed by atoms with Crippen molar-refractivity contribution >= 4 is 51.6 Å². The number of piperidine rings is 1. The second-order valence-electron chi connectivity index (χ2n) is 10.2. The van der Waals surface area contributed by atoms with Crippen LogP contribution in [0.5, 0.6) is 0 Å². The van der Waals surface area contributed by atoms with E-state index in [4.69, 9.17) is 21.3 Å². The van der Waals surface area contributed by atoms with Gasteiger partial charge in [-0.2, -0.15) is 4.98 Å². The lowest BCUT2D eigenvalue weighted by Crippen LogP contribution is -2.39. The molecule has 0 aliphatic carbocycles. The molecule has 0 radical (unpaired) electrons. The van der Waals surface area contributed by atoms with Crippen molar-refractivity contribution < 1.29 is 9.53 Å². The van der Waals surface area contributed by atoms with Gasteiger partial charge in [0.25, 0.3) is 5.56 Å². The normalized spacial score (nSPS) is 24.1. The largest absolute Gasteiger partial charge is 0.457 e. The minimum atomic E-state index is -0.622.